The Bertz CT molecular complexity index is 1370. The number of ether oxygens (including phenoxy) is 1. The first-order chi connectivity index (χ1) is 18.6. The van der Waals surface area contributed by atoms with Crippen molar-refractivity contribution < 1.29 is 22.7 Å². The number of carbonyl (C=O) groups is 2. The molecule has 0 spiro atoms. The molecule has 0 aliphatic heterocycles. The second-order valence-corrected chi connectivity index (χ2v) is 11.6. The first kappa shape index (κ1) is 30.0. The van der Waals surface area contributed by atoms with Crippen molar-refractivity contribution in [3.8, 4) is 5.75 Å². The van der Waals surface area contributed by atoms with Crippen LogP contribution in [0.25, 0.3) is 0 Å². The van der Waals surface area contributed by atoms with Crippen LogP contribution in [0.2, 0.25) is 5.02 Å². The fourth-order valence-electron chi connectivity index (χ4n) is 4.12. The monoisotopic (exact) mass is 571 g/mol. The molecule has 0 bridgehead atoms. The van der Waals surface area contributed by atoms with Gasteiger partial charge in [-0.2, -0.15) is 0 Å². The average Bonchev–Trinajstić information content (AvgIpc) is 2.91. The van der Waals surface area contributed by atoms with E-state index in [-0.39, 0.29) is 29.1 Å². The Morgan fingerprint density at radius 1 is 0.974 bits per heavy atom. The van der Waals surface area contributed by atoms with Gasteiger partial charge in [-0.25, -0.2) is 8.42 Å². The molecule has 0 fully saturated rings. The van der Waals surface area contributed by atoms with Gasteiger partial charge in [0.15, 0.2) is 0 Å². The van der Waals surface area contributed by atoms with E-state index in [2.05, 4.69) is 5.32 Å². The van der Waals surface area contributed by atoms with Crippen molar-refractivity contribution in [3.63, 3.8) is 0 Å². The maximum absolute atomic E-state index is 14.0. The summed E-state index contributed by atoms with van der Waals surface area (Å²) in [5.74, 6) is -0.332. The zero-order chi connectivity index (χ0) is 28.6. The van der Waals surface area contributed by atoms with Gasteiger partial charge in [-0.05, 0) is 68.3 Å². The van der Waals surface area contributed by atoms with Crippen LogP contribution in [-0.2, 0) is 26.2 Å². The number of benzene rings is 3. The predicted octanol–water partition coefficient (Wildman–Crippen LogP) is 4.88. The summed E-state index contributed by atoms with van der Waals surface area (Å²) in [6.45, 7) is 5.11. The molecule has 3 aromatic carbocycles. The summed E-state index contributed by atoms with van der Waals surface area (Å²) < 4.78 is 33.9. The third kappa shape index (κ3) is 7.74. The molecular formula is C29H34ClN3O5S. The van der Waals surface area contributed by atoms with Gasteiger partial charge in [-0.15, -0.1) is 0 Å². The predicted molar refractivity (Wildman–Crippen MR) is 153 cm³/mol. The summed E-state index contributed by atoms with van der Waals surface area (Å²) in [7, 11) is -2.71. The van der Waals surface area contributed by atoms with Crippen molar-refractivity contribution >= 4 is 39.1 Å². The lowest BCUT2D eigenvalue weighted by Gasteiger charge is -2.33. The zero-order valence-electron chi connectivity index (χ0n) is 22.5. The molecule has 1 N–H and O–H groups in total. The summed E-state index contributed by atoms with van der Waals surface area (Å²) in [6, 6.07) is 20.6. The number of nitrogens with zero attached hydrogens (tertiary/aromatic N) is 2. The van der Waals surface area contributed by atoms with Crippen LogP contribution < -0.4 is 14.4 Å². The van der Waals surface area contributed by atoms with E-state index in [1.807, 2.05) is 51.1 Å². The third-order valence-electron chi connectivity index (χ3n) is 6.04. The van der Waals surface area contributed by atoms with Gasteiger partial charge in [0.2, 0.25) is 11.8 Å². The normalized spacial score (nSPS) is 12.1. The molecule has 39 heavy (non-hydrogen) atoms. The molecule has 0 aromatic heterocycles. The summed E-state index contributed by atoms with van der Waals surface area (Å²) in [5, 5.41) is 3.20. The minimum absolute atomic E-state index is 0.0183. The molecule has 3 rings (SSSR count). The molecule has 8 nitrogen and oxygen atoms in total. The highest BCUT2D eigenvalue weighted by Crippen LogP contribution is 2.28. The van der Waals surface area contributed by atoms with Crippen molar-refractivity contribution in [1.29, 1.82) is 0 Å². The zero-order valence-corrected chi connectivity index (χ0v) is 24.1. The molecule has 3 aromatic rings. The lowest BCUT2D eigenvalue weighted by atomic mass is 10.1. The standard InChI is InChI=1S/C29H34ClN3O5S/c1-5-27(29(35)31-21(2)3)32(19-22-10-7-6-8-11-22)28(34)20-33(24-13-9-12-23(30)18-24)39(36,37)26-16-14-25(38-4)15-17-26/h6-18,21,27H,5,19-20H2,1-4H3,(H,31,35). The van der Waals surface area contributed by atoms with Crippen molar-refractivity contribution in [1.82, 2.24) is 10.2 Å². The van der Waals surface area contributed by atoms with Crippen LogP contribution in [0.1, 0.15) is 32.8 Å². The number of carbonyl (C=O) groups excluding carboxylic acids is 2. The highest BCUT2D eigenvalue weighted by Gasteiger charge is 2.34. The van der Waals surface area contributed by atoms with Crippen LogP contribution >= 0.6 is 11.6 Å². The minimum Gasteiger partial charge on any atom is -0.497 e. The Kier molecular flexibility index (Phi) is 10.4. The van der Waals surface area contributed by atoms with E-state index in [1.165, 1.54) is 42.3 Å². The van der Waals surface area contributed by atoms with Crippen LogP contribution in [0.4, 0.5) is 5.69 Å². The Morgan fingerprint density at radius 3 is 2.21 bits per heavy atom. The smallest absolute Gasteiger partial charge is 0.264 e. The van der Waals surface area contributed by atoms with Crippen molar-refractivity contribution in [3.05, 3.63) is 89.4 Å². The largest absolute Gasteiger partial charge is 0.497 e. The summed E-state index contributed by atoms with van der Waals surface area (Å²) >= 11 is 6.21. The summed E-state index contributed by atoms with van der Waals surface area (Å²) in [4.78, 5) is 28.5. The number of hydrogen-bond acceptors (Lipinski definition) is 5. The van der Waals surface area contributed by atoms with Gasteiger partial charge < -0.3 is 15.0 Å². The van der Waals surface area contributed by atoms with E-state index in [0.29, 0.717) is 17.2 Å². The molecule has 0 heterocycles. The molecule has 2 amide bonds. The fraction of sp³-hybridized carbons (Fsp3) is 0.310. The molecule has 10 heteroatoms. The number of sulfonamides is 1. The number of anilines is 1. The fourth-order valence-corrected chi connectivity index (χ4v) is 5.71. The van der Waals surface area contributed by atoms with Crippen LogP contribution in [0.5, 0.6) is 5.75 Å². The van der Waals surface area contributed by atoms with E-state index >= 15 is 0 Å². The first-order valence-electron chi connectivity index (χ1n) is 12.6. The average molecular weight is 572 g/mol. The Balaban J connectivity index is 2.05. The van der Waals surface area contributed by atoms with E-state index in [4.69, 9.17) is 16.3 Å². The van der Waals surface area contributed by atoms with Gasteiger partial charge in [-0.3, -0.25) is 13.9 Å². The highest BCUT2D eigenvalue weighted by atomic mass is 35.5. The summed E-state index contributed by atoms with van der Waals surface area (Å²) in [5.41, 5.74) is 1.04. The first-order valence-corrected chi connectivity index (χ1v) is 14.4. The quantitative estimate of drug-likeness (QED) is 0.334. The third-order valence-corrected chi connectivity index (χ3v) is 8.06. The molecule has 0 aliphatic rings. The Hall–Kier alpha value is -3.56. The second-order valence-electron chi connectivity index (χ2n) is 9.26. The molecule has 0 radical (unpaired) electrons. The van der Waals surface area contributed by atoms with Gasteiger partial charge >= 0.3 is 0 Å². The van der Waals surface area contributed by atoms with Gasteiger partial charge in [0, 0.05) is 17.6 Å². The molecule has 208 valence electrons. The van der Waals surface area contributed by atoms with Gasteiger partial charge in [0.1, 0.15) is 18.3 Å². The number of amides is 2. The van der Waals surface area contributed by atoms with E-state index < -0.39 is 28.5 Å². The number of halogens is 1. The number of rotatable bonds is 12. The van der Waals surface area contributed by atoms with Crippen LogP contribution in [-0.4, -0.2) is 50.9 Å². The van der Waals surface area contributed by atoms with E-state index in [0.717, 1.165) is 9.87 Å². The topological polar surface area (TPSA) is 96.0 Å². The van der Waals surface area contributed by atoms with Crippen LogP contribution in [0.3, 0.4) is 0 Å². The van der Waals surface area contributed by atoms with Crippen molar-refractivity contribution in [2.75, 3.05) is 18.0 Å². The van der Waals surface area contributed by atoms with E-state index in [9.17, 15) is 18.0 Å². The SMILES string of the molecule is CCC(C(=O)NC(C)C)N(Cc1ccccc1)C(=O)CN(c1cccc(Cl)c1)S(=O)(=O)c1ccc(OC)cc1. The van der Waals surface area contributed by atoms with Gasteiger partial charge in [-0.1, -0.05) is 54.9 Å². The maximum Gasteiger partial charge on any atom is 0.264 e. The molecule has 1 unspecified atom stereocenters. The molecular weight excluding hydrogens is 538 g/mol. The molecule has 0 saturated carbocycles. The minimum atomic E-state index is -4.20. The lowest BCUT2D eigenvalue weighted by molar-refractivity contribution is -0.140. The van der Waals surface area contributed by atoms with Crippen molar-refractivity contribution in [2.45, 2.75) is 50.7 Å². The lowest BCUT2D eigenvalue weighted by Crippen LogP contribution is -2.53. The molecule has 0 aliphatic carbocycles. The van der Waals surface area contributed by atoms with Crippen LogP contribution in [0, 0.1) is 0 Å². The van der Waals surface area contributed by atoms with Crippen LogP contribution in [0.15, 0.2) is 83.8 Å². The molecule has 0 saturated heterocycles. The Labute approximate surface area is 235 Å². The second kappa shape index (κ2) is 13.5. The number of methoxy groups -OCH3 is 1. The Morgan fingerprint density at radius 2 is 1.64 bits per heavy atom. The van der Waals surface area contributed by atoms with Crippen molar-refractivity contribution in [2.24, 2.45) is 0 Å². The molecule has 1 atom stereocenters. The number of hydrogen-bond donors (Lipinski definition) is 1. The van der Waals surface area contributed by atoms with Gasteiger partial charge in [0.05, 0.1) is 17.7 Å². The van der Waals surface area contributed by atoms with E-state index in [1.54, 1.807) is 18.2 Å². The summed E-state index contributed by atoms with van der Waals surface area (Å²) in [6.07, 6.45) is 0.347. The number of nitrogens with one attached hydrogen (secondary N) is 1. The highest BCUT2D eigenvalue weighted by molar-refractivity contribution is 7.92. The van der Waals surface area contributed by atoms with Gasteiger partial charge in [0.25, 0.3) is 10.0 Å². The maximum atomic E-state index is 14.0.